The molecule has 0 heterocycles. The average Bonchev–Trinajstić information content (AvgIpc) is 2.57. The van der Waals surface area contributed by atoms with Gasteiger partial charge in [-0.2, -0.15) is 0 Å². The molecular weight excluding hydrogens is 152 g/mol. The molecule has 2 atom stereocenters. The SMILES string of the molecule is CC.COCC1CCC(CO)C1. The molecule has 1 saturated carbocycles. The molecule has 2 unspecified atom stereocenters. The Kier molecular flexibility index (Phi) is 7.51. The van der Waals surface area contributed by atoms with Crippen molar-refractivity contribution < 1.29 is 9.84 Å². The zero-order valence-corrected chi connectivity index (χ0v) is 8.55. The fraction of sp³-hybridized carbons (Fsp3) is 1.00. The summed E-state index contributed by atoms with van der Waals surface area (Å²) >= 11 is 0. The lowest BCUT2D eigenvalue weighted by molar-refractivity contribution is 0.148. The molecule has 0 aromatic carbocycles. The molecule has 12 heavy (non-hydrogen) atoms. The molecule has 1 rings (SSSR count). The van der Waals surface area contributed by atoms with Gasteiger partial charge in [-0.25, -0.2) is 0 Å². The Morgan fingerprint density at radius 3 is 2.25 bits per heavy atom. The van der Waals surface area contributed by atoms with Gasteiger partial charge in [0.05, 0.1) is 0 Å². The van der Waals surface area contributed by atoms with Crippen molar-refractivity contribution in [2.45, 2.75) is 33.1 Å². The second-order valence-corrected chi connectivity index (χ2v) is 3.18. The Balaban J connectivity index is 0.000000561. The van der Waals surface area contributed by atoms with Crippen molar-refractivity contribution >= 4 is 0 Å². The summed E-state index contributed by atoms with van der Waals surface area (Å²) in [5.74, 6) is 1.27. The van der Waals surface area contributed by atoms with Gasteiger partial charge in [0.15, 0.2) is 0 Å². The number of aliphatic hydroxyl groups excluding tert-OH is 1. The van der Waals surface area contributed by atoms with E-state index in [0.29, 0.717) is 18.4 Å². The first-order valence-electron chi connectivity index (χ1n) is 4.96. The normalized spacial score (nSPS) is 28.0. The van der Waals surface area contributed by atoms with Gasteiger partial charge in [-0.15, -0.1) is 0 Å². The quantitative estimate of drug-likeness (QED) is 0.709. The lowest BCUT2D eigenvalue weighted by Gasteiger charge is -2.07. The van der Waals surface area contributed by atoms with Gasteiger partial charge in [0.2, 0.25) is 0 Å². The third-order valence-corrected chi connectivity index (χ3v) is 2.31. The highest BCUT2D eigenvalue weighted by Crippen LogP contribution is 2.30. The molecule has 1 aliphatic rings. The third kappa shape index (κ3) is 4.07. The van der Waals surface area contributed by atoms with Crippen LogP contribution in [-0.2, 0) is 4.74 Å². The van der Waals surface area contributed by atoms with Crippen LogP contribution < -0.4 is 0 Å². The van der Waals surface area contributed by atoms with Gasteiger partial charge >= 0.3 is 0 Å². The number of methoxy groups -OCH3 is 1. The van der Waals surface area contributed by atoms with Gasteiger partial charge < -0.3 is 9.84 Å². The van der Waals surface area contributed by atoms with E-state index in [4.69, 9.17) is 9.84 Å². The molecule has 1 N–H and O–H groups in total. The Morgan fingerprint density at radius 2 is 1.83 bits per heavy atom. The molecule has 0 aromatic rings. The van der Waals surface area contributed by atoms with Crippen molar-refractivity contribution in [2.75, 3.05) is 20.3 Å². The standard InChI is InChI=1S/C8H16O2.C2H6/c1-10-6-8-3-2-7(4-8)5-9;1-2/h7-9H,2-6H2,1H3;1-2H3. The number of rotatable bonds is 3. The van der Waals surface area contributed by atoms with Crippen molar-refractivity contribution in [1.29, 1.82) is 0 Å². The highest BCUT2D eigenvalue weighted by atomic mass is 16.5. The first-order chi connectivity index (χ1) is 5.86. The molecule has 1 aliphatic carbocycles. The summed E-state index contributed by atoms with van der Waals surface area (Å²) in [6.07, 6.45) is 3.58. The minimum Gasteiger partial charge on any atom is -0.396 e. The van der Waals surface area contributed by atoms with Gasteiger partial charge in [-0.05, 0) is 31.1 Å². The zero-order chi connectivity index (χ0) is 9.40. The van der Waals surface area contributed by atoms with Gasteiger partial charge in [0, 0.05) is 20.3 Å². The molecule has 2 heteroatoms. The predicted molar refractivity (Wildman–Crippen MR) is 51.1 cm³/mol. The number of hydrogen-bond donors (Lipinski definition) is 1. The third-order valence-electron chi connectivity index (χ3n) is 2.31. The van der Waals surface area contributed by atoms with Crippen LogP contribution in [-0.4, -0.2) is 25.4 Å². The van der Waals surface area contributed by atoms with E-state index in [0.717, 1.165) is 13.0 Å². The molecule has 0 amide bonds. The van der Waals surface area contributed by atoms with E-state index in [2.05, 4.69) is 0 Å². The van der Waals surface area contributed by atoms with Gasteiger partial charge in [0.1, 0.15) is 0 Å². The summed E-state index contributed by atoms with van der Waals surface area (Å²) in [6, 6.07) is 0. The minimum atomic E-state index is 0.361. The Bertz CT molecular complexity index is 93.8. The molecule has 0 spiro atoms. The number of ether oxygens (including phenoxy) is 1. The Morgan fingerprint density at radius 1 is 1.25 bits per heavy atom. The van der Waals surface area contributed by atoms with Crippen LogP contribution >= 0.6 is 0 Å². The topological polar surface area (TPSA) is 29.5 Å². The molecule has 0 aromatic heterocycles. The van der Waals surface area contributed by atoms with Crippen LogP contribution in [0.1, 0.15) is 33.1 Å². The number of aliphatic hydroxyl groups is 1. The maximum atomic E-state index is 8.81. The molecule has 0 aliphatic heterocycles. The van der Waals surface area contributed by atoms with Crippen molar-refractivity contribution in [1.82, 2.24) is 0 Å². The molecule has 0 saturated heterocycles. The fourth-order valence-electron chi connectivity index (χ4n) is 1.73. The smallest absolute Gasteiger partial charge is 0.0490 e. The Labute approximate surface area is 75.9 Å². The highest BCUT2D eigenvalue weighted by molar-refractivity contribution is 4.74. The largest absolute Gasteiger partial charge is 0.396 e. The van der Waals surface area contributed by atoms with Crippen LogP contribution in [0.25, 0.3) is 0 Å². The second-order valence-electron chi connectivity index (χ2n) is 3.18. The second kappa shape index (κ2) is 7.56. The molecule has 1 fully saturated rings. The van der Waals surface area contributed by atoms with E-state index >= 15 is 0 Å². The van der Waals surface area contributed by atoms with Crippen LogP contribution in [0.15, 0.2) is 0 Å². The van der Waals surface area contributed by atoms with Crippen LogP contribution in [0, 0.1) is 11.8 Å². The summed E-state index contributed by atoms with van der Waals surface area (Å²) in [6.45, 7) is 5.23. The summed E-state index contributed by atoms with van der Waals surface area (Å²) < 4.78 is 5.04. The van der Waals surface area contributed by atoms with Crippen LogP contribution in [0.2, 0.25) is 0 Å². The maximum absolute atomic E-state index is 8.81. The van der Waals surface area contributed by atoms with Crippen molar-refractivity contribution in [3.05, 3.63) is 0 Å². The van der Waals surface area contributed by atoms with Crippen molar-refractivity contribution in [2.24, 2.45) is 11.8 Å². The highest BCUT2D eigenvalue weighted by Gasteiger charge is 2.23. The zero-order valence-electron chi connectivity index (χ0n) is 8.55. The summed E-state index contributed by atoms with van der Waals surface area (Å²) in [4.78, 5) is 0. The van der Waals surface area contributed by atoms with E-state index in [1.807, 2.05) is 13.8 Å². The fourth-order valence-corrected chi connectivity index (χ4v) is 1.73. The predicted octanol–water partition coefficient (Wildman–Crippen LogP) is 2.07. The van der Waals surface area contributed by atoms with Crippen molar-refractivity contribution in [3.63, 3.8) is 0 Å². The van der Waals surface area contributed by atoms with Gasteiger partial charge in [0.25, 0.3) is 0 Å². The molecular formula is C10H22O2. The van der Waals surface area contributed by atoms with E-state index in [1.54, 1.807) is 7.11 Å². The van der Waals surface area contributed by atoms with Crippen LogP contribution in [0.3, 0.4) is 0 Å². The number of hydrogen-bond acceptors (Lipinski definition) is 2. The molecule has 0 radical (unpaired) electrons. The molecule has 2 nitrogen and oxygen atoms in total. The molecule has 74 valence electrons. The van der Waals surface area contributed by atoms with Gasteiger partial charge in [-0.3, -0.25) is 0 Å². The van der Waals surface area contributed by atoms with Gasteiger partial charge in [-0.1, -0.05) is 13.8 Å². The van der Waals surface area contributed by atoms with E-state index in [-0.39, 0.29) is 0 Å². The lowest BCUT2D eigenvalue weighted by atomic mass is 10.1. The van der Waals surface area contributed by atoms with Crippen LogP contribution in [0.5, 0.6) is 0 Å². The Hall–Kier alpha value is -0.0800. The first kappa shape index (κ1) is 11.9. The van der Waals surface area contributed by atoms with Crippen molar-refractivity contribution in [3.8, 4) is 0 Å². The molecule has 0 bridgehead atoms. The van der Waals surface area contributed by atoms with E-state index in [9.17, 15) is 0 Å². The first-order valence-corrected chi connectivity index (χ1v) is 4.96. The summed E-state index contributed by atoms with van der Waals surface area (Å²) in [7, 11) is 1.74. The minimum absolute atomic E-state index is 0.361. The average molecular weight is 174 g/mol. The lowest BCUT2D eigenvalue weighted by Crippen LogP contribution is -2.05. The van der Waals surface area contributed by atoms with E-state index in [1.165, 1.54) is 12.8 Å². The monoisotopic (exact) mass is 174 g/mol. The van der Waals surface area contributed by atoms with Crippen LogP contribution in [0.4, 0.5) is 0 Å². The van der Waals surface area contributed by atoms with E-state index < -0.39 is 0 Å². The summed E-state index contributed by atoms with van der Waals surface area (Å²) in [5.41, 5.74) is 0. The maximum Gasteiger partial charge on any atom is 0.0490 e. The summed E-state index contributed by atoms with van der Waals surface area (Å²) in [5, 5.41) is 8.81.